The molecule has 9 heteroatoms. The summed E-state index contributed by atoms with van der Waals surface area (Å²) < 4.78 is 1.51. The largest absolute Gasteiger partial charge is 0.368 e. The Morgan fingerprint density at radius 1 is 1.00 bits per heavy atom. The summed E-state index contributed by atoms with van der Waals surface area (Å²) in [6, 6.07) is 16.8. The summed E-state index contributed by atoms with van der Waals surface area (Å²) in [5.41, 5.74) is 10.7. The lowest BCUT2D eigenvalue weighted by Gasteiger charge is -2.11. The first-order chi connectivity index (χ1) is 15.2. The van der Waals surface area contributed by atoms with Crippen molar-refractivity contribution in [3.63, 3.8) is 0 Å². The van der Waals surface area contributed by atoms with Gasteiger partial charge in [-0.05, 0) is 30.3 Å². The number of rotatable bonds is 4. The highest BCUT2D eigenvalue weighted by Crippen LogP contribution is 2.33. The number of nitrogens with two attached hydrogens (primary N) is 1. The fourth-order valence-electron chi connectivity index (χ4n) is 3.36. The van der Waals surface area contributed by atoms with Crippen molar-refractivity contribution in [3.8, 4) is 28.6 Å². The number of hydrogen-bond acceptors (Lipinski definition) is 8. The molecule has 0 unspecified atom stereocenters. The number of nitrogen functional groups attached to an aromatic ring is 1. The number of aromatic nitrogens is 7. The van der Waals surface area contributed by atoms with E-state index in [2.05, 4.69) is 31.1 Å². The van der Waals surface area contributed by atoms with Gasteiger partial charge < -0.3 is 5.73 Å². The summed E-state index contributed by atoms with van der Waals surface area (Å²) in [5.74, 6) is 0.746. The molecule has 0 aliphatic carbocycles. The van der Waals surface area contributed by atoms with Crippen LogP contribution in [-0.2, 0) is 6.42 Å². The number of pyridine rings is 1. The van der Waals surface area contributed by atoms with Crippen molar-refractivity contribution in [3.05, 3.63) is 84.3 Å². The number of hydrogen-bond donors (Lipinski definition) is 1. The average Bonchev–Trinajstić information content (AvgIpc) is 3.24. The summed E-state index contributed by atoms with van der Waals surface area (Å²) in [5, 5.41) is 13.9. The molecule has 0 spiro atoms. The molecule has 0 radical (unpaired) electrons. The van der Waals surface area contributed by atoms with E-state index in [1.54, 1.807) is 36.7 Å². The van der Waals surface area contributed by atoms with E-state index in [1.165, 1.54) is 10.8 Å². The highest BCUT2D eigenvalue weighted by atomic mass is 15.4. The van der Waals surface area contributed by atoms with Gasteiger partial charge in [-0.1, -0.05) is 18.2 Å². The van der Waals surface area contributed by atoms with Crippen molar-refractivity contribution in [2.24, 2.45) is 0 Å². The van der Waals surface area contributed by atoms with E-state index in [4.69, 9.17) is 10.7 Å². The van der Waals surface area contributed by atoms with E-state index in [0.29, 0.717) is 40.4 Å². The number of nitriles is 1. The third-order valence-electron chi connectivity index (χ3n) is 4.72. The molecule has 0 bridgehead atoms. The number of nitrogens with zero attached hydrogens (tertiary/aromatic N) is 8. The minimum Gasteiger partial charge on any atom is -0.368 e. The minimum atomic E-state index is 0.185. The molecule has 31 heavy (non-hydrogen) atoms. The van der Waals surface area contributed by atoms with Crippen LogP contribution in [0.5, 0.6) is 0 Å². The molecule has 9 nitrogen and oxygen atoms in total. The molecule has 148 valence electrons. The predicted octanol–water partition coefficient (Wildman–Crippen LogP) is 2.69. The van der Waals surface area contributed by atoms with Gasteiger partial charge in [0.25, 0.3) is 0 Å². The molecule has 0 amide bonds. The molecule has 0 saturated carbocycles. The predicted molar refractivity (Wildman–Crippen MR) is 113 cm³/mol. The van der Waals surface area contributed by atoms with E-state index < -0.39 is 0 Å². The lowest BCUT2D eigenvalue weighted by atomic mass is 10.0. The average molecular weight is 405 g/mol. The Morgan fingerprint density at radius 3 is 2.71 bits per heavy atom. The molecule has 2 N–H and O–H groups in total. The zero-order valence-corrected chi connectivity index (χ0v) is 16.2. The Balaban J connectivity index is 1.76. The quantitative estimate of drug-likeness (QED) is 0.483. The monoisotopic (exact) mass is 405 g/mol. The second kappa shape index (κ2) is 7.61. The van der Waals surface area contributed by atoms with Crippen LogP contribution in [-0.4, -0.2) is 34.5 Å². The van der Waals surface area contributed by atoms with Crippen molar-refractivity contribution in [2.45, 2.75) is 6.42 Å². The van der Waals surface area contributed by atoms with Crippen LogP contribution in [0, 0.1) is 11.3 Å². The zero-order valence-electron chi connectivity index (χ0n) is 16.2. The molecule has 1 aromatic carbocycles. The lowest BCUT2D eigenvalue weighted by molar-refractivity contribution is 0.879. The Bertz CT molecular complexity index is 1420. The molecular weight excluding hydrogens is 390 g/mol. The second-order valence-corrected chi connectivity index (χ2v) is 6.74. The molecular formula is C22H15N9. The SMILES string of the molecule is N#Cc1cccc(-c2nc(N)n3nc(Cc4ccccn4)nc3c2-c2ccncn2)c1. The summed E-state index contributed by atoms with van der Waals surface area (Å²) in [6.45, 7) is 0. The Morgan fingerprint density at radius 2 is 1.94 bits per heavy atom. The van der Waals surface area contributed by atoms with E-state index >= 15 is 0 Å². The van der Waals surface area contributed by atoms with Gasteiger partial charge in [-0.2, -0.15) is 9.78 Å². The lowest BCUT2D eigenvalue weighted by Crippen LogP contribution is -2.06. The van der Waals surface area contributed by atoms with Crippen LogP contribution in [0.3, 0.4) is 0 Å². The second-order valence-electron chi connectivity index (χ2n) is 6.74. The third kappa shape index (κ3) is 3.42. The smallest absolute Gasteiger partial charge is 0.223 e. The van der Waals surface area contributed by atoms with E-state index in [-0.39, 0.29) is 5.95 Å². The summed E-state index contributed by atoms with van der Waals surface area (Å²) in [4.78, 5) is 22.1. The highest BCUT2D eigenvalue weighted by molar-refractivity contribution is 5.89. The molecule has 0 saturated heterocycles. The van der Waals surface area contributed by atoms with Crippen LogP contribution in [0.1, 0.15) is 17.1 Å². The van der Waals surface area contributed by atoms with Crippen molar-refractivity contribution >= 4 is 11.6 Å². The minimum absolute atomic E-state index is 0.185. The van der Waals surface area contributed by atoms with Crippen molar-refractivity contribution in [2.75, 3.05) is 5.73 Å². The number of fused-ring (bicyclic) bond motifs is 1. The maximum absolute atomic E-state index is 9.32. The molecule has 4 heterocycles. The van der Waals surface area contributed by atoms with Gasteiger partial charge in [0, 0.05) is 23.7 Å². The topological polar surface area (TPSA) is 132 Å². The van der Waals surface area contributed by atoms with Crippen molar-refractivity contribution < 1.29 is 0 Å². The molecule has 0 aliphatic rings. The zero-order chi connectivity index (χ0) is 21.2. The first kappa shape index (κ1) is 18.3. The summed E-state index contributed by atoms with van der Waals surface area (Å²) in [6.07, 6.45) is 5.29. The van der Waals surface area contributed by atoms with Gasteiger partial charge >= 0.3 is 0 Å². The van der Waals surface area contributed by atoms with Gasteiger partial charge in [0.05, 0.1) is 35.0 Å². The van der Waals surface area contributed by atoms with Crippen LogP contribution in [0.2, 0.25) is 0 Å². The van der Waals surface area contributed by atoms with Gasteiger partial charge in [0.1, 0.15) is 6.33 Å². The van der Waals surface area contributed by atoms with Gasteiger partial charge in [-0.3, -0.25) is 4.98 Å². The van der Waals surface area contributed by atoms with Gasteiger partial charge in [-0.15, -0.1) is 5.10 Å². The first-order valence-electron chi connectivity index (χ1n) is 9.45. The van der Waals surface area contributed by atoms with Crippen molar-refractivity contribution in [1.82, 2.24) is 34.5 Å². The standard InChI is InChI=1S/C22H15N9/c23-12-14-4-3-5-15(10-14)20-19(17-7-9-25-13-27-17)21-28-18(30-31(21)22(24)29-20)11-16-6-1-2-8-26-16/h1-10,13H,11H2,(H2,24,29). The van der Waals surface area contributed by atoms with E-state index in [0.717, 1.165) is 11.3 Å². The van der Waals surface area contributed by atoms with Crippen LogP contribution in [0.15, 0.2) is 67.3 Å². The third-order valence-corrected chi connectivity index (χ3v) is 4.72. The fraction of sp³-hybridized carbons (Fsp3) is 0.0455. The fourth-order valence-corrected chi connectivity index (χ4v) is 3.36. The maximum atomic E-state index is 9.32. The molecule has 5 rings (SSSR count). The molecule has 0 atom stereocenters. The molecule has 5 aromatic rings. The van der Waals surface area contributed by atoms with E-state index in [1.807, 2.05) is 24.3 Å². The van der Waals surface area contributed by atoms with Gasteiger partial charge in [0.2, 0.25) is 5.95 Å². The Hall–Kier alpha value is -4.71. The first-order valence-corrected chi connectivity index (χ1v) is 9.45. The highest BCUT2D eigenvalue weighted by Gasteiger charge is 2.21. The Labute approximate surface area is 176 Å². The summed E-state index contributed by atoms with van der Waals surface area (Å²) >= 11 is 0. The van der Waals surface area contributed by atoms with Crippen LogP contribution in [0.4, 0.5) is 5.95 Å². The van der Waals surface area contributed by atoms with Gasteiger partial charge in [0.15, 0.2) is 11.5 Å². The summed E-state index contributed by atoms with van der Waals surface area (Å²) in [7, 11) is 0. The van der Waals surface area contributed by atoms with Crippen molar-refractivity contribution in [1.29, 1.82) is 5.26 Å². The Kier molecular flexibility index (Phi) is 4.50. The normalized spacial score (nSPS) is 10.8. The maximum Gasteiger partial charge on any atom is 0.223 e. The van der Waals surface area contributed by atoms with Crippen LogP contribution < -0.4 is 5.73 Å². The molecule has 0 aliphatic heterocycles. The van der Waals surface area contributed by atoms with Gasteiger partial charge in [-0.25, -0.2) is 19.9 Å². The number of anilines is 1. The number of benzene rings is 1. The van der Waals surface area contributed by atoms with Crippen LogP contribution >= 0.6 is 0 Å². The molecule has 0 fully saturated rings. The van der Waals surface area contributed by atoms with E-state index in [9.17, 15) is 5.26 Å². The molecule has 4 aromatic heterocycles. The van der Waals surface area contributed by atoms with Crippen LogP contribution in [0.25, 0.3) is 28.2 Å².